The minimum atomic E-state index is -0.468. The van der Waals surface area contributed by atoms with Crippen LogP contribution in [0.15, 0.2) is 93.8 Å². The summed E-state index contributed by atoms with van der Waals surface area (Å²) >= 11 is 1.50. The van der Waals surface area contributed by atoms with Crippen molar-refractivity contribution in [3.05, 3.63) is 100 Å². The summed E-state index contributed by atoms with van der Waals surface area (Å²) in [4.78, 5) is 24.5. The van der Waals surface area contributed by atoms with Crippen LogP contribution in [0.5, 0.6) is 0 Å². The van der Waals surface area contributed by atoms with E-state index in [0.717, 1.165) is 9.79 Å². The number of nitro benzene ring substituents is 1. The second kappa shape index (κ2) is 8.77. The Balaban J connectivity index is 1.68. The van der Waals surface area contributed by atoms with Gasteiger partial charge >= 0.3 is 0 Å². The maximum atomic E-state index is 12.5. The van der Waals surface area contributed by atoms with Crippen molar-refractivity contribution in [3.8, 4) is 0 Å². The fourth-order valence-corrected chi connectivity index (χ4v) is 3.23. The molecule has 27 heavy (non-hydrogen) atoms. The monoisotopic (exact) mass is 377 g/mol. The molecule has 0 saturated heterocycles. The predicted molar refractivity (Wildman–Crippen MR) is 105 cm³/mol. The van der Waals surface area contributed by atoms with Gasteiger partial charge in [0.25, 0.3) is 11.6 Å². The Kier molecular flexibility index (Phi) is 5.96. The first-order valence-corrected chi connectivity index (χ1v) is 8.85. The van der Waals surface area contributed by atoms with E-state index in [1.54, 1.807) is 24.3 Å². The molecule has 0 aliphatic heterocycles. The van der Waals surface area contributed by atoms with E-state index in [4.69, 9.17) is 0 Å². The van der Waals surface area contributed by atoms with Crippen LogP contribution < -0.4 is 5.43 Å². The van der Waals surface area contributed by atoms with Crippen LogP contribution in [0.2, 0.25) is 0 Å². The van der Waals surface area contributed by atoms with Gasteiger partial charge in [-0.05, 0) is 42.0 Å². The normalized spacial score (nSPS) is 10.7. The molecule has 0 aliphatic rings. The van der Waals surface area contributed by atoms with Gasteiger partial charge in [-0.1, -0.05) is 42.1 Å². The lowest BCUT2D eigenvalue weighted by molar-refractivity contribution is -0.384. The highest BCUT2D eigenvalue weighted by atomic mass is 32.2. The van der Waals surface area contributed by atoms with Gasteiger partial charge in [-0.25, -0.2) is 5.43 Å². The molecule has 0 spiro atoms. The standard InChI is InChI=1S/C20H15N3O3S/c24-20(22-21-14-15-10-12-16(13-11-15)23(25)26)18-8-4-5-9-19(18)27-17-6-2-1-3-7-17/h1-14H,(H,22,24). The first kappa shape index (κ1) is 18.3. The molecule has 3 rings (SSSR count). The van der Waals surface area contributed by atoms with E-state index in [1.165, 1.54) is 30.1 Å². The van der Waals surface area contributed by atoms with E-state index < -0.39 is 4.92 Å². The van der Waals surface area contributed by atoms with Crippen LogP contribution in [-0.2, 0) is 0 Å². The highest BCUT2D eigenvalue weighted by molar-refractivity contribution is 7.99. The number of nitro groups is 1. The molecular weight excluding hydrogens is 362 g/mol. The van der Waals surface area contributed by atoms with Gasteiger partial charge in [0.15, 0.2) is 0 Å². The summed E-state index contributed by atoms with van der Waals surface area (Å²) in [7, 11) is 0. The number of hydrogen-bond acceptors (Lipinski definition) is 5. The number of benzene rings is 3. The molecule has 1 N–H and O–H groups in total. The zero-order chi connectivity index (χ0) is 19.1. The Hall–Kier alpha value is -3.45. The molecule has 0 radical (unpaired) electrons. The zero-order valence-electron chi connectivity index (χ0n) is 14.1. The summed E-state index contributed by atoms with van der Waals surface area (Å²) in [5.41, 5.74) is 3.66. The molecule has 3 aromatic carbocycles. The third-order valence-electron chi connectivity index (χ3n) is 3.59. The van der Waals surface area contributed by atoms with Crippen LogP contribution in [0.4, 0.5) is 5.69 Å². The van der Waals surface area contributed by atoms with Crippen LogP contribution in [0, 0.1) is 10.1 Å². The van der Waals surface area contributed by atoms with Gasteiger partial charge in [0.2, 0.25) is 0 Å². The molecule has 3 aromatic rings. The second-order valence-electron chi connectivity index (χ2n) is 5.46. The maximum Gasteiger partial charge on any atom is 0.272 e. The molecule has 134 valence electrons. The van der Waals surface area contributed by atoms with Crippen LogP contribution in [0.3, 0.4) is 0 Å². The highest BCUT2D eigenvalue weighted by Crippen LogP contribution is 2.30. The van der Waals surface area contributed by atoms with E-state index in [9.17, 15) is 14.9 Å². The summed E-state index contributed by atoms with van der Waals surface area (Å²) in [6.45, 7) is 0. The number of carbonyl (C=O) groups is 1. The lowest BCUT2D eigenvalue weighted by Crippen LogP contribution is -2.18. The molecule has 0 heterocycles. The minimum absolute atomic E-state index is 0.00282. The molecule has 6 nitrogen and oxygen atoms in total. The Morgan fingerprint density at radius 2 is 1.63 bits per heavy atom. The lowest BCUT2D eigenvalue weighted by Gasteiger charge is -2.07. The van der Waals surface area contributed by atoms with Crippen LogP contribution in [-0.4, -0.2) is 17.0 Å². The van der Waals surface area contributed by atoms with Gasteiger partial charge in [0, 0.05) is 21.9 Å². The van der Waals surface area contributed by atoms with Gasteiger partial charge in [-0.15, -0.1) is 0 Å². The predicted octanol–water partition coefficient (Wildman–Crippen LogP) is 4.51. The van der Waals surface area contributed by atoms with Crippen LogP contribution in [0.25, 0.3) is 0 Å². The van der Waals surface area contributed by atoms with Crippen molar-refractivity contribution in [3.63, 3.8) is 0 Å². The number of hydrazone groups is 1. The Morgan fingerprint density at radius 1 is 0.963 bits per heavy atom. The first-order chi connectivity index (χ1) is 13.1. The van der Waals surface area contributed by atoms with Gasteiger partial charge in [0.05, 0.1) is 16.7 Å². The molecular formula is C20H15N3O3S. The fourth-order valence-electron chi connectivity index (χ4n) is 2.27. The summed E-state index contributed by atoms with van der Waals surface area (Å²) in [6, 6.07) is 23.0. The number of rotatable bonds is 6. The van der Waals surface area contributed by atoms with Crippen LogP contribution >= 0.6 is 11.8 Å². The molecule has 1 amide bonds. The largest absolute Gasteiger partial charge is 0.272 e. The molecule has 0 aromatic heterocycles. The van der Waals surface area contributed by atoms with E-state index in [1.807, 2.05) is 42.5 Å². The lowest BCUT2D eigenvalue weighted by atomic mass is 10.2. The third kappa shape index (κ3) is 5.02. The van der Waals surface area contributed by atoms with E-state index >= 15 is 0 Å². The molecule has 0 unspecified atom stereocenters. The average Bonchev–Trinajstić information content (AvgIpc) is 2.69. The molecule has 7 heteroatoms. The van der Waals surface area contributed by atoms with Gasteiger partial charge in [-0.2, -0.15) is 5.10 Å². The smallest absolute Gasteiger partial charge is 0.267 e. The molecule has 0 atom stereocenters. The van der Waals surface area contributed by atoms with Crippen molar-refractivity contribution in [2.45, 2.75) is 9.79 Å². The molecule has 0 saturated carbocycles. The summed E-state index contributed by atoms with van der Waals surface area (Å²) < 4.78 is 0. The van der Waals surface area contributed by atoms with Gasteiger partial charge in [0.1, 0.15) is 0 Å². The first-order valence-electron chi connectivity index (χ1n) is 8.03. The van der Waals surface area contributed by atoms with Crippen molar-refractivity contribution in [2.24, 2.45) is 5.10 Å². The number of carbonyl (C=O) groups excluding carboxylic acids is 1. The summed E-state index contributed by atoms with van der Waals surface area (Å²) in [5.74, 6) is -0.327. The van der Waals surface area contributed by atoms with Crippen molar-refractivity contribution >= 4 is 29.6 Å². The number of hydrogen-bond donors (Lipinski definition) is 1. The Bertz CT molecular complexity index is 973. The Labute approximate surface area is 160 Å². The van der Waals surface area contributed by atoms with Crippen molar-refractivity contribution < 1.29 is 9.72 Å². The zero-order valence-corrected chi connectivity index (χ0v) is 14.9. The van der Waals surface area contributed by atoms with Gasteiger partial charge in [-0.3, -0.25) is 14.9 Å². The number of nitrogens with one attached hydrogen (secondary N) is 1. The van der Waals surface area contributed by atoms with Crippen molar-refractivity contribution in [1.29, 1.82) is 0 Å². The summed E-state index contributed by atoms with van der Waals surface area (Å²) in [5, 5.41) is 14.6. The maximum absolute atomic E-state index is 12.5. The van der Waals surface area contributed by atoms with E-state index in [-0.39, 0.29) is 11.6 Å². The minimum Gasteiger partial charge on any atom is -0.267 e. The fraction of sp³-hybridized carbons (Fsp3) is 0. The molecule has 0 bridgehead atoms. The summed E-state index contributed by atoms with van der Waals surface area (Å²) in [6.07, 6.45) is 1.44. The molecule has 0 aliphatic carbocycles. The SMILES string of the molecule is O=C(NN=Cc1ccc([N+](=O)[O-])cc1)c1ccccc1Sc1ccccc1. The Morgan fingerprint density at radius 3 is 2.33 bits per heavy atom. The quantitative estimate of drug-likeness (QED) is 0.389. The number of nitrogens with zero attached hydrogens (tertiary/aromatic N) is 2. The van der Waals surface area contributed by atoms with E-state index in [2.05, 4.69) is 10.5 Å². The van der Waals surface area contributed by atoms with Crippen molar-refractivity contribution in [1.82, 2.24) is 5.43 Å². The second-order valence-corrected chi connectivity index (χ2v) is 6.57. The number of amides is 1. The van der Waals surface area contributed by atoms with Crippen molar-refractivity contribution in [2.75, 3.05) is 0 Å². The van der Waals surface area contributed by atoms with Crippen LogP contribution in [0.1, 0.15) is 15.9 Å². The number of non-ortho nitro benzene ring substituents is 1. The topological polar surface area (TPSA) is 84.6 Å². The average molecular weight is 377 g/mol. The highest BCUT2D eigenvalue weighted by Gasteiger charge is 2.11. The third-order valence-corrected chi connectivity index (χ3v) is 4.67. The molecule has 0 fully saturated rings. The van der Waals surface area contributed by atoms with Gasteiger partial charge < -0.3 is 0 Å². The van der Waals surface area contributed by atoms with E-state index in [0.29, 0.717) is 11.1 Å².